The third-order valence-corrected chi connectivity index (χ3v) is 4.51. The van der Waals surface area contributed by atoms with Crippen LogP contribution in [-0.4, -0.2) is 24.7 Å². The van der Waals surface area contributed by atoms with Crippen molar-refractivity contribution < 1.29 is 4.74 Å². The van der Waals surface area contributed by atoms with Gasteiger partial charge in [0.2, 0.25) is 0 Å². The molecule has 2 saturated heterocycles. The number of aromatic nitrogens is 1. The molecule has 0 aromatic carbocycles. The minimum Gasteiger partial charge on any atom is -0.372 e. The second kappa shape index (κ2) is 4.82. The van der Waals surface area contributed by atoms with Crippen molar-refractivity contribution in [2.45, 2.75) is 37.7 Å². The second-order valence-corrected chi connectivity index (χ2v) is 5.53. The molecular formula is C12H18N2OS. The number of thiazole rings is 1. The van der Waals surface area contributed by atoms with Crippen LogP contribution in [0.25, 0.3) is 0 Å². The predicted octanol–water partition coefficient (Wildman–Crippen LogP) is 2.46. The van der Waals surface area contributed by atoms with E-state index >= 15 is 0 Å². The standard InChI is InChI=1S/C12H18N2OS/c1-2-11(15-7-1)10-8-16-12(14-10)9-3-5-13-6-4-9/h8-9,11,13H,1-7H2. The van der Waals surface area contributed by atoms with Gasteiger partial charge in [0.1, 0.15) is 6.10 Å². The largest absolute Gasteiger partial charge is 0.372 e. The Morgan fingerprint density at radius 3 is 2.94 bits per heavy atom. The summed E-state index contributed by atoms with van der Waals surface area (Å²) in [4.78, 5) is 4.78. The van der Waals surface area contributed by atoms with E-state index in [1.165, 1.54) is 30.0 Å². The van der Waals surface area contributed by atoms with E-state index in [2.05, 4.69) is 10.7 Å². The maximum Gasteiger partial charge on any atom is 0.100 e. The fourth-order valence-electron chi connectivity index (χ4n) is 2.52. The topological polar surface area (TPSA) is 34.2 Å². The maximum atomic E-state index is 5.67. The van der Waals surface area contributed by atoms with Crippen LogP contribution in [0.15, 0.2) is 5.38 Å². The Labute approximate surface area is 100 Å². The van der Waals surface area contributed by atoms with E-state index in [0.29, 0.717) is 5.92 Å². The van der Waals surface area contributed by atoms with Crippen molar-refractivity contribution in [1.82, 2.24) is 10.3 Å². The monoisotopic (exact) mass is 238 g/mol. The number of rotatable bonds is 2. The van der Waals surface area contributed by atoms with Gasteiger partial charge in [-0.15, -0.1) is 11.3 Å². The molecule has 1 atom stereocenters. The van der Waals surface area contributed by atoms with E-state index in [4.69, 9.17) is 9.72 Å². The highest BCUT2D eigenvalue weighted by atomic mass is 32.1. The lowest BCUT2D eigenvalue weighted by molar-refractivity contribution is 0.109. The van der Waals surface area contributed by atoms with Crippen LogP contribution in [0.5, 0.6) is 0 Å². The van der Waals surface area contributed by atoms with Gasteiger partial charge in [0.05, 0.1) is 10.7 Å². The summed E-state index contributed by atoms with van der Waals surface area (Å²) < 4.78 is 5.67. The fourth-order valence-corrected chi connectivity index (χ4v) is 3.55. The molecule has 1 unspecified atom stereocenters. The van der Waals surface area contributed by atoms with Crippen molar-refractivity contribution >= 4 is 11.3 Å². The van der Waals surface area contributed by atoms with Gasteiger partial charge in [-0.1, -0.05) is 0 Å². The zero-order chi connectivity index (χ0) is 10.8. The molecule has 3 heterocycles. The van der Waals surface area contributed by atoms with Crippen LogP contribution in [0.1, 0.15) is 48.4 Å². The molecule has 2 fully saturated rings. The fraction of sp³-hybridized carbons (Fsp3) is 0.750. The molecule has 1 N–H and O–H groups in total. The molecule has 3 rings (SSSR count). The lowest BCUT2D eigenvalue weighted by atomic mass is 9.99. The first kappa shape index (κ1) is 10.7. The van der Waals surface area contributed by atoms with Crippen LogP contribution in [-0.2, 0) is 4.74 Å². The third kappa shape index (κ3) is 2.14. The van der Waals surface area contributed by atoms with Crippen LogP contribution in [0.4, 0.5) is 0 Å². The second-order valence-electron chi connectivity index (χ2n) is 4.64. The van der Waals surface area contributed by atoms with Crippen LogP contribution in [0, 0.1) is 0 Å². The first-order valence-corrected chi connectivity index (χ1v) is 7.09. The van der Waals surface area contributed by atoms with Crippen molar-refractivity contribution in [2.24, 2.45) is 0 Å². The summed E-state index contributed by atoms with van der Waals surface area (Å²) in [6.07, 6.45) is 5.09. The molecule has 16 heavy (non-hydrogen) atoms. The molecule has 0 radical (unpaired) electrons. The van der Waals surface area contributed by atoms with Gasteiger partial charge in [-0.25, -0.2) is 4.98 Å². The van der Waals surface area contributed by atoms with E-state index < -0.39 is 0 Å². The van der Waals surface area contributed by atoms with Crippen molar-refractivity contribution in [3.05, 3.63) is 16.1 Å². The van der Waals surface area contributed by atoms with Gasteiger partial charge in [-0.2, -0.15) is 0 Å². The first-order valence-electron chi connectivity index (χ1n) is 6.21. The zero-order valence-corrected chi connectivity index (χ0v) is 10.3. The number of nitrogens with zero attached hydrogens (tertiary/aromatic N) is 1. The van der Waals surface area contributed by atoms with E-state index in [1.54, 1.807) is 0 Å². The summed E-state index contributed by atoms with van der Waals surface area (Å²) >= 11 is 1.82. The normalized spacial score (nSPS) is 27.4. The van der Waals surface area contributed by atoms with Crippen molar-refractivity contribution in [3.63, 3.8) is 0 Å². The summed E-state index contributed by atoms with van der Waals surface area (Å²) in [5.41, 5.74) is 1.18. The van der Waals surface area contributed by atoms with Gasteiger partial charge >= 0.3 is 0 Å². The predicted molar refractivity (Wildman–Crippen MR) is 64.9 cm³/mol. The Morgan fingerprint density at radius 2 is 2.19 bits per heavy atom. The minimum atomic E-state index is 0.284. The van der Waals surface area contributed by atoms with Crippen molar-refractivity contribution in [1.29, 1.82) is 0 Å². The quantitative estimate of drug-likeness (QED) is 0.859. The SMILES string of the molecule is c1sc(C2CCNCC2)nc1C1CCCO1. The Morgan fingerprint density at radius 1 is 1.31 bits per heavy atom. The van der Waals surface area contributed by atoms with Gasteiger partial charge in [0.25, 0.3) is 0 Å². The van der Waals surface area contributed by atoms with Crippen LogP contribution in [0.3, 0.4) is 0 Å². The summed E-state index contributed by atoms with van der Waals surface area (Å²) in [5, 5.41) is 6.93. The average molecular weight is 238 g/mol. The maximum absolute atomic E-state index is 5.67. The average Bonchev–Trinajstić information content (AvgIpc) is 3.01. The zero-order valence-electron chi connectivity index (χ0n) is 9.45. The molecule has 0 aliphatic carbocycles. The number of piperidine rings is 1. The molecule has 2 aliphatic heterocycles. The number of nitrogens with one attached hydrogen (secondary N) is 1. The lowest BCUT2D eigenvalue weighted by Gasteiger charge is -2.20. The van der Waals surface area contributed by atoms with E-state index in [9.17, 15) is 0 Å². The van der Waals surface area contributed by atoms with Gasteiger partial charge in [0, 0.05) is 17.9 Å². The van der Waals surface area contributed by atoms with E-state index in [-0.39, 0.29) is 6.10 Å². The van der Waals surface area contributed by atoms with Gasteiger partial charge < -0.3 is 10.1 Å². The molecular weight excluding hydrogens is 220 g/mol. The van der Waals surface area contributed by atoms with Gasteiger partial charge in [-0.3, -0.25) is 0 Å². The molecule has 0 amide bonds. The highest BCUT2D eigenvalue weighted by molar-refractivity contribution is 7.09. The highest BCUT2D eigenvalue weighted by Crippen LogP contribution is 2.33. The van der Waals surface area contributed by atoms with Crippen LogP contribution < -0.4 is 5.32 Å². The van der Waals surface area contributed by atoms with Crippen LogP contribution >= 0.6 is 11.3 Å². The molecule has 2 aliphatic rings. The molecule has 4 heteroatoms. The van der Waals surface area contributed by atoms with Crippen molar-refractivity contribution in [3.8, 4) is 0 Å². The van der Waals surface area contributed by atoms with Gasteiger partial charge in [-0.05, 0) is 38.8 Å². The van der Waals surface area contributed by atoms with Crippen LogP contribution in [0.2, 0.25) is 0 Å². The third-order valence-electron chi connectivity index (χ3n) is 3.49. The molecule has 0 saturated carbocycles. The minimum absolute atomic E-state index is 0.284. The Bertz CT molecular complexity index is 341. The Hall–Kier alpha value is -0.450. The molecule has 3 nitrogen and oxygen atoms in total. The molecule has 88 valence electrons. The molecule has 1 aromatic heterocycles. The molecule has 0 spiro atoms. The number of hydrogen-bond donors (Lipinski definition) is 1. The Balaban J connectivity index is 1.71. The highest BCUT2D eigenvalue weighted by Gasteiger charge is 2.23. The first-order chi connectivity index (χ1) is 7.93. The smallest absolute Gasteiger partial charge is 0.100 e. The summed E-state index contributed by atoms with van der Waals surface area (Å²) in [7, 11) is 0. The van der Waals surface area contributed by atoms with E-state index in [1.807, 2.05) is 11.3 Å². The molecule has 1 aromatic rings. The van der Waals surface area contributed by atoms with Crippen molar-refractivity contribution in [2.75, 3.05) is 19.7 Å². The summed E-state index contributed by atoms with van der Waals surface area (Å²) in [6.45, 7) is 3.18. The molecule has 0 bridgehead atoms. The number of hydrogen-bond acceptors (Lipinski definition) is 4. The van der Waals surface area contributed by atoms with Gasteiger partial charge in [0.15, 0.2) is 0 Å². The lowest BCUT2D eigenvalue weighted by Crippen LogP contribution is -2.26. The summed E-state index contributed by atoms with van der Waals surface area (Å²) in [6, 6.07) is 0. The number of ether oxygens (including phenoxy) is 1. The van der Waals surface area contributed by atoms with E-state index in [0.717, 1.165) is 26.1 Å². The Kier molecular flexibility index (Phi) is 3.22. The summed E-state index contributed by atoms with van der Waals surface area (Å²) in [5.74, 6) is 0.682.